The molecule has 0 heterocycles. The van der Waals surface area contributed by atoms with Crippen molar-refractivity contribution in [1.29, 1.82) is 0 Å². The molecule has 0 atom stereocenters. The summed E-state index contributed by atoms with van der Waals surface area (Å²) in [5.41, 5.74) is -1.56. The van der Waals surface area contributed by atoms with Crippen molar-refractivity contribution in [1.82, 2.24) is 0 Å². The maximum atomic E-state index is 7.87. The highest BCUT2D eigenvalue weighted by Gasteiger charge is 2.16. The minimum absolute atomic E-state index is 0.196. The van der Waals surface area contributed by atoms with E-state index in [-0.39, 0.29) is 5.56 Å². The Morgan fingerprint density at radius 3 is 2.24 bits per heavy atom. The SMILES string of the molecule is [2H]C([2H])([2H])C(c1cc(-c2ccccc2)ccc1C)(C([2H])([2H])[2H])C([2H])([2H])[2H]. The third-order valence-corrected chi connectivity index (χ3v) is 2.75. The second kappa shape index (κ2) is 4.37. The zero-order valence-corrected chi connectivity index (χ0v) is 9.62. The Labute approximate surface area is 117 Å². The van der Waals surface area contributed by atoms with Gasteiger partial charge in [0.2, 0.25) is 0 Å². The monoisotopic (exact) mass is 233 g/mol. The van der Waals surface area contributed by atoms with Crippen LogP contribution in [-0.4, -0.2) is 0 Å². The predicted octanol–water partition coefficient (Wildman–Crippen LogP) is 4.96. The zero-order valence-electron chi connectivity index (χ0n) is 18.6. The van der Waals surface area contributed by atoms with Crippen LogP contribution in [0.2, 0.25) is 0 Å². The zero-order chi connectivity index (χ0) is 20.0. The molecule has 17 heavy (non-hydrogen) atoms. The Morgan fingerprint density at radius 2 is 1.59 bits per heavy atom. The first kappa shape index (κ1) is 4.97. The molecule has 0 aliphatic carbocycles. The molecule has 0 radical (unpaired) electrons. The van der Waals surface area contributed by atoms with E-state index in [9.17, 15) is 0 Å². The van der Waals surface area contributed by atoms with Gasteiger partial charge in [-0.3, -0.25) is 0 Å². The summed E-state index contributed by atoms with van der Waals surface area (Å²) in [6.07, 6.45) is 0. The molecular formula is C17H20. The fourth-order valence-corrected chi connectivity index (χ4v) is 1.84. The molecule has 0 bridgehead atoms. The number of hydrogen-bond donors (Lipinski definition) is 0. The van der Waals surface area contributed by atoms with E-state index in [1.54, 1.807) is 36.4 Å². The third kappa shape index (κ3) is 2.58. The second-order valence-electron chi connectivity index (χ2n) is 4.15. The molecule has 2 aromatic carbocycles. The molecule has 0 fully saturated rings. The van der Waals surface area contributed by atoms with Gasteiger partial charge in [-0.25, -0.2) is 0 Å². The molecule has 0 spiro atoms. The summed E-state index contributed by atoms with van der Waals surface area (Å²) in [6.45, 7) is -8.25. The van der Waals surface area contributed by atoms with Crippen molar-refractivity contribution in [3.05, 3.63) is 59.7 Å². The quantitative estimate of drug-likeness (QED) is 0.653. The lowest BCUT2D eigenvalue weighted by Gasteiger charge is -2.22. The van der Waals surface area contributed by atoms with Crippen LogP contribution < -0.4 is 0 Å². The molecule has 0 heteroatoms. The molecule has 0 amide bonds. The van der Waals surface area contributed by atoms with E-state index in [0.717, 1.165) is 5.56 Å². The molecule has 0 aliphatic rings. The van der Waals surface area contributed by atoms with Crippen LogP contribution in [-0.2, 0) is 5.41 Å². The van der Waals surface area contributed by atoms with Gasteiger partial charge >= 0.3 is 0 Å². The molecule has 0 N–H and O–H groups in total. The minimum atomic E-state index is -3.26. The summed E-state index contributed by atoms with van der Waals surface area (Å²) in [5, 5.41) is 0. The van der Waals surface area contributed by atoms with Crippen LogP contribution in [0.3, 0.4) is 0 Å². The Morgan fingerprint density at radius 1 is 0.882 bits per heavy atom. The summed E-state index contributed by atoms with van der Waals surface area (Å²) in [4.78, 5) is 0. The fraction of sp³-hybridized carbons (Fsp3) is 0.294. The van der Waals surface area contributed by atoms with E-state index in [1.165, 1.54) is 13.0 Å². The van der Waals surface area contributed by atoms with Crippen LogP contribution in [0.1, 0.15) is 44.0 Å². The molecule has 0 saturated heterocycles. The van der Waals surface area contributed by atoms with E-state index in [4.69, 9.17) is 12.3 Å². The van der Waals surface area contributed by atoms with Gasteiger partial charge in [0.25, 0.3) is 0 Å². The maximum absolute atomic E-state index is 7.87. The Bertz CT molecular complexity index is 732. The molecule has 2 rings (SSSR count). The minimum Gasteiger partial charge on any atom is -0.0622 e. The van der Waals surface area contributed by atoms with Gasteiger partial charge in [0.1, 0.15) is 0 Å². The van der Waals surface area contributed by atoms with Crippen LogP contribution in [0.4, 0.5) is 0 Å². The largest absolute Gasteiger partial charge is 0.0622 e. The lowest BCUT2D eigenvalue weighted by atomic mass is 9.82. The molecule has 0 nitrogen and oxygen atoms in total. The third-order valence-electron chi connectivity index (χ3n) is 2.75. The van der Waals surface area contributed by atoms with Crippen molar-refractivity contribution in [2.24, 2.45) is 0 Å². The summed E-state index contributed by atoms with van der Waals surface area (Å²) >= 11 is 0. The first-order valence-electron chi connectivity index (χ1n) is 9.90. The Balaban J connectivity index is 2.90. The van der Waals surface area contributed by atoms with Crippen molar-refractivity contribution in [2.45, 2.75) is 32.9 Å². The highest BCUT2D eigenvalue weighted by molar-refractivity contribution is 5.65. The Kier molecular flexibility index (Phi) is 1.28. The summed E-state index contributed by atoms with van der Waals surface area (Å²) in [6, 6.07) is 13.6. The standard InChI is InChI=1S/C17H20/c1-13-10-11-15(12-16(13)17(2,3)4)14-8-6-5-7-9-14/h5-12H,1-4H3/i2D3,3D3,4D3. The first-order valence-corrected chi connectivity index (χ1v) is 5.40. The highest BCUT2D eigenvalue weighted by atomic mass is 14.2. The van der Waals surface area contributed by atoms with Gasteiger partial charge in [-0.05, 0) is 34.6 Å². The van der Waals surface area contributed by atoms with Crippen LogP contribution in [0.5, 0.6) is 0 Å². The molecule has 2 aromatic rings. The Hall–Kier alpha value is -1.56. The average molecular weight is 233 g/mol. The summed E-state index contributed by atoms with van der Waals surface area (Å²) in [7, 11) is 0. The lowest BCUT2D eigenvalue weighted by molar-refractivity contribution is 0.586. The van der Waals surface area contributed by atoms with Gasteiger partial charge in [-0.2, -0.15) is 0 Å². The number of hydrogen-bond acceptors (Lipinski definition) is 0. The van der Waals surface area contributed by atoms with Crippen LogP contribution in [0.25, 0.3) is 11.1 Å². The van der Waals surface area contributed by atoms with Crippen molar-refractivity contribution >= 4 is 0 Å². The van der Waals surface area contributed by atoms with Crippen LogP contribution >= 0.6 is 0 Å². The molecule has 0 unspecified atom stereocenters. The summed E-state index contributed by atoms with van der Waals surface area (Å²) < 4.78 is 70.8. The molecule has 0 aliphatic heterocycles. The maximum Gasteiger partial charge on any atom is 0.0239 e. The molecular weight excluding hydrogens is 204 g/mol. The van der Waals surface area contributed by atoms with Crippen molar-refractivity contribution in [2.75, 3.05) is 0 Å². The van der Waals surface area contributed by atoms with Gasteiger partial charge in [0, 0.05) is 12.3 Å². The van der Waals surface area contributed by atoms with Gasteiger partial charge in [-0.15, -0.1) is 0 Å². The van der Waals surface area contributed by atoms with E-state index in [2.05, 4.69) is 0 Å². The van der Waals surface area contributed by atoms with Gasteiger partial charge in [-0.1, -0.05) is 69.1 Å². The van der Waals surface area contributed by atoms with E-state index in [1.807, 2.05) is 6.07 Å². The van der Waals surface area contributed by atoms with Gasteiger partial charge < -0.3 is 0 Å². The van der Waals surface area contributed by atoms with E-state index < -0.39 is 26.0 Å². The van der Waals surface area contributed by atoms with Gasteiger partial charge in [0.05, 0.1) is 0 Å². The molecule has 0 aromatic heterocycles. The molecule has 0 saturated carbocycles. The fourth-order valence-electron chi connectivity index (χ4n) is 1.84. The second-order valence-corrected chi connectivity index (χ2v) is 4.15. The number of rotatable bonds is 1. The van der Waals surface area contributed by atoms with E-state index >= 15 is 0 Å². The van der Waals surface area contributed by atoms with Crippen molar-refractivity contribution in [3.8, 4) is 11.1 Å². The van der Waals surface area contributed by atoms with Crippen molar-refractivity contribution in [3.63, 3.8) is 0 Å². The molecule has 88 valence electrons. The van der Waals surface area contributed by atoms with E-state index in [0.29, 0.717) is 11.1 Å². The number of aryl methyl sites for hydroxylation is 1. The lowest BCUT2D eigenvalue weighted by Crippen LogP contribution is -2.13. The smallest absolute Gasteiger partial charge is 0.0239 e. The normalized spacial score (nSPS) is 21.6. The van der Waals surface area contributed by atoms with Crippen molar-refractivity contribution < 1.29 is 12.3 Å². The van der Waals surface area contributed by atoms with Crippen LogP contribution in [0.15, 0.2) is 48.5 Å². The van der Waals surface area contributed by atoms with Gasteiger partial charge in [0.15, 0.2) is 0 Å². The number of benzene rings is 2. The first-order chi connectivity index (χ1) is 11.7. The average Bonchev–Trinajstić information content (AvgIpc) is 2.46. The topological polar surface area (TPSA) is 0 Å². The highest BCUT2D eigenvalue weighted by Crippen LogP contribution is 2.30. The van der Waals surface area contributed by atoms with Crippen LogP contribution in [0, 0.1) is 6.92 Å². The summed E-state index contributed by atoms with van der Waals surface area (Å²) in [5.74, 6) is 0. The predicted molar refractivity (Wildman–Crippen MR) is 75.3 cm³/mol.